The summed E-state index contributed by atoms with van der Waals surface area (Å²) in [5.74, 6) is 0.424. The zero-order chi connectivity index (χ0) is 11.8. The van der Waals surface area contributed by atoms with Crippen molar-refractivity contribution in [3.05, 3.63) is 0 Å². The lowest BCUT2D eigenvalue weighted by atomic mass is 10.1. The number of aliphatic hydroxyl groups is 3. The van der Waals surface area contributed by atoms with Crippen molar-refractivity contribution in [3.8, 4) is 0 Å². The van der Waals surface area contributed by atoms with Gasteiger partial charge in [-0.05, 0) is 6.54 Å². The van der Waals surface area contributed by atoms with E-state index < -0.39 is 18.3 Å². The lowest BCUT2D eigenvalue weighted by Crippen LogP contribution is -2.45. The number of carbonyl (C=O) groups excluding carboxylic acids is 1. The normalized spacial score (nSPS) is 17.5. The van der Waals surface area contributed by atoms with Crippen LogP contribution in [0.1, 0.15) is 6.92 Å². The number of alkyl halides is 1. The van der Waals surface area contributed by atoms with E-state index in [4.69, 9.17) is 16.7 Å². The number of aldehydes is 1. The molecule has 0 aromatic heterocycles. The Bertz CT molecular complexity index is 181. The summed E-state index contributed by atoms with van der Waals surface area (Å²) in [6.07, 6.45) is -3.96. The molecule has 0 fully saturated rings. The summed E-state index contributed by atoms with van der Waals surface area (Å²) in [4.78, 5) is 12.0. The molecular formula is C9H18ClNO4. The Kier molecular flexibility index (Phi) is 7.90. The number of likely N-dealkylation sites (N-methyl/N-ethyl adjacent to an activating group) is 1. The third-order valence-corrected chi connectivity index (χ3v) is 2.35. The average Bonchev–Trinajstić information content (AvgIpc) is 2.26. The third kappa shape index (κ3) is 5.44. The molecule has 0 rings (SSSR count). The molecule has 0 aliphatic rings. The molecule has 0 spiro atoms. The van der Waals surface area contributed by atoms with Gasteiger partial charge in [-0.15, -0.1) is 11.6 Å². The van der Waals surface area contributed by atoms with Crippen LogP contribution < -0.4 is 0 Å². The molecule has 0 aromatic carbocycles. The van der Waals surface area contributed by atoms with Gasteiger partial charge in [0.1, 0.15) is 12.2 Å². The topological polar surface area (TPSA) is 81.0 Å². The Labute approximate surface area is 94.3 Å². The highest BCUT2D eigenvalue weighted by molar-refractivity contribution is 6.18. The fourth-order valence-electron chi connectivity index (χ4n) is 1.18. The first-order valence-electron chi connectivity index (χ1n) is 4.84. The minimum Gasteiger partial charge on any atom is -0.389 e. The number of halogens is 1. The van der Waals surface area contributed by atoms with Crippen molar-refractivity contribution in [1.29, 1.82) is 0 Å². The zero-order valence-electron chi connectivity index (χ0n) is 8.71. The van der Waals surface area contributed by atoms with Gasteiger partial charge in [0.05, 0.1) is 6.10 Å². The molecule has 0 saturated heterocycles. The molecule has 3 atom stereocenters. The maximum absolute atomic E-state index is 10.2. The molecule has 0 amide bonds. The van der Waals surface area contributed by atoms with E-state index in [1.54, 1.807) is 0 Å². The molecule has 15 heavy (non-hydrogen) atoms. The summed E-state index contributed by atoms with van der Waals surface area (Å²) in [5, 5.41) is 27.8. The van der Waals surface area contributed by atoms with Gasteiger partial charge in [-0.3, -0.25) is 4.90 Å². The minimum absolute atomic E-state index is 0.176. The third-order valence-electron chi connectivity index (χ3n) is 2.18. The molecule has 0 unspecified atom stereocenters. The first kappa shape index (κ1) is 14.8. The van der Waals surface area contributed by atoms with Crippen molar-refractivity contribution in [2.45, 2.75) is 25.2 Å². The molecule has 90 valence electrons. The van der Waals surface area contributed by atoms with Crippen LogP contribution in [0.4, 0.5) is 0 Å². The lowest BCUT2D eigenvalue weighted by Gasteiger charge is -2.26. The Morgan fingerprint density at radius 2 is 2.00 bits per heavy atom. The number of nitrogens with zero attached hydrogens (tertiary/aromatic N) is 1. The largest absolute Gasteiger partial charge is 0.389 e. The van der Waals surface area contributed by atoms with E-state index in [-0.39, 0.29) is 12.8 Å². The molecule has 0 heterocycles. The highest BCUT2D eigenvalue weighted by Gasteiger charge is 2.25. The van der Waals surface area contributed by atoms with E-state index in [2.05, 4.69) is 0 Å². The van der Waals surface area contributed by atoms with Crippen LogP contribution in [-0.2, 0) is 4.79 Å². The number of hydrogen-bond acceptors (Lipinski definition) is 5. The minimum atomic E-state index is -1.55. The smallest absolute Gasteiger partial charge is 0.151 e. The standard InChI is InChI=1S/C9H18ClNO4/c1-2-11(4-3-10)5-7(13)9(15)8(14)6-12/h6-9,13-15H,2-5H2,1H3/t7-,8+,9-/m1/s1. The number of rotatable bonds is 8. The predicted octanol–water partition coefficient (Wildman–Crippen LogP) is -1.17. The van der Waals surface area contributed by atoms with Gasteiger partial charge in [-0.1, -0.05) is 6.92 Å². The fourth-order valence-corrected chi connectivity index (χ4v) is 1.42. The maximum atomic E-state index is 10.2. The molecule has 0 saturated carbocycles. The van der Waals surface area contributed by atoms with Crippen LogP contribution in [0.2, 0.25) is 0 Å². The van der Waals surface area contributed by atoms with Crippen molar-refractivity contribution in [2.75, 3.05) is 25.5 Å². The molecule has 0 aliphatic heterocycles. The first-order chi connectivity index (χ1) is 7.06. The Morgan fingerprint density at radius 3 is 2.40 bits per heavy atom. The molecule has 3 N–H and O–H groups in total. The van der Waals surface area contributed by atoms with Crippen molar-refractivity contribution >= 4 is 17.9 Å². The van der Waals surface area contributed by atoms with E-state index in [1.807, 2.05) is 11.8 Å². The highest BCUT2D eigenvalue weighted by Crippen LogP contribution is 2.02. The SMILES string of the molecule is CCN(CCCl)C[C@@H](O)[C@@H](O)[C@@H](O)C=O. The number of carbonyl (C=O) groups is 1. The summed E-state index contributed by atoms with van der Waals surface area (Å²) >= 11 is 5.54. The van der Waals surface area contributed by atoms with E-state index in [0.29, 0.717) is 19.0 Å². The van der Waals surface area contributed by atoms with Gasteiger partial charge in [0.15, 0.2) is 6.29 Å². The molecule has 5 nitrogen and oxygen atoms in total. The van der Waals surface area contributed by atoms with Gasteiger partial charge in [-0.25, -0.2) is 0 Å². The lowest BCUT2D eigenvalue weighted by molar-refractivity contribution is -0.126. The summed E-state index contributed by atoms with van der Waals surface area (Å²) in [7, 11) is 0. The van der Waals surface area contributed by atoms with Crippen LogP contribution >= 0.6 is 11.6 Å². The zero-order valence-corrected chi connectivity index (χ0v) is 9.47. The van der Waals surface area contributed by atoms with Gasteiger partial charge in [0.2, 0.25) is 0 Å². The van der Waals surface area contributed by atoms with E-state index in [1.165, 1.54) is 0 Å². The van der Waals surface area contributed by atoms with Crippen molar-refractivity contribution in [1.82, 2.24) is 4.90 Å². The Balaban J connectivity index is 4.08. The second-order valence-corrected chi connectivity index (χ2v) is 3.64. The number of hydrogen-bond donors (Lipinski definition) is 3. The first-order valence-corrected chi connectivity index (χ1v) is 5.38. The maximum Gasteiger partial charge on any atom is 0.151 e. The van der Waals surface area contributed by atoms with E-state index in [0.717, 1.165) is 0 Å². The summed E-state index contributed by atoms with van der Waals surface area (Å²) in [6, 6.07) is 0. The van der Waals surface area contributed by atoms with E-state index >= 15 is 0 Å². The van der Waals surface area contributed by atoms with Crippen LogP contribution in [0.3, 0.4) is 0 Å². The van der Waals surface area contributed by atoms with Crippen molar-refractivity contribution < 1.29 is 20.1 Å². The van der Waals surface area contributed by atoms with E-state index in [9.17, 15) is 15.0 Å². The molecule has 0 bridgehead atoms. The summed E-state index contributed by atoms with van der Waals surface area (Å²) in [5.41, 5.74) is 0. The van der Waals surface area contributed by atoms with Crippen LogP contribution in [0.15, 0.2) is 0 Å². The monoisotopic (exact) mass is 239 g/mol. The van der Waals surface area contributed by atoms with Crippen molar-refractivity contribution in [3.63, 3.8) is 0 Å². The van der Waals surface area contributed by atoms with Crippen LogP contribution in [-0.4, -0.2) is 70.3 Å². The highest BCUT2D eigenvalue weighted by atomic mass is 35.5. The Morgan fingerprint density at radius 1 is 1.40 bits per heavy atom. The second kappa shape index (κ2) is 8.01. The van der Waals surface area contributed by atoms with Gasteiger partial charge in [-0.2, -0.15) is 0 Å². The predicted molar refractivity (Wildman–Crippen MR) is 56.9 cm³/mol. The van der Waals surface area contributed by atoms with Crippen LogP contribution in [0.5, 0.6) is 0 Å². The Hall–Kier alpha value is -0.200. The van der Waals surface area contributed by atoms with Gasteiger partial charge >= 0.3 is 0 Å². The summed E-state index contributed by atoms with van der Waals surface area (Å²) in [6.45, 7) is 3.32. The van der Waals surface area contributed by atoms with Crippen LogP contribution in [0.25, 0.3) is 0 Å². The van der Waals surface area contributed by atoms with Gasteiger partial charge < -0.3 is 20.1 Å². The second-order valence-electron chi connectivity index (χ2n) is 3.27. The average molecular weight is 240 g/mol. The molecule has 0 radical (unpaired) electrons. The quantitative estimate of drug-likeness (QED) is 0.367. The molecular weight excluding hydrogens is 222 g/mol. The van der Waals surface area contributed by atoms with Gasteiger partial charge in [0.25, 0.3) is 0 Å². The van der Waals surface area contributed by atoms with Crippen molar-refractivity contribution in [2.24, 2.45) is 0 Å². The number of aliphatic hydroxyl groups excluding tert-OH is 3. The summed E-state index contributed by atoms with van der Waals surface area (Å²) < 4.78 is 0. The van der Waals surface area contributed by atoms with Gasteiger partial charge in [0, 0.05) is 19.0 Å². The van der Waals surface area contributed by atoms with Crippen LogP contribution in [0, 0.1) is 0 Å². The molecule has 0 aromatic rings. The fraction of sp³-hybridized carbons (Fsp3) is 0.889. The molecule has 6 heteroatoms. The molecule has 0 aliphatic carbocycles.